The third-order valence-corrected chi connectivity index (χ3v) is 1.29. The fourth-order valence-electron chi connectivity index (χ4n) is 0.747. The smallest absolute Gasteiger partial charge is 0.188 e. The van der Waals surface area contributed by atoms with E-state index in [1.165, 1.54) is 0 Å². The predicted octanol–water partition coefficient (Wildman–Crippen LogP) is 0.337. The fraction of sp³-hybridized carbons (Fsp3) is 0.875. The van der Waals surface area contributed by atoms with Gasteiger partial charge in [-0.15, -0.1) is 0 Å². The van der Waals surface area contributed by atoms with Crippen molar-refractivity contribution >= 4 is 5.96 Å². The van der Waals surface area contributed by atoms with E-state index in [-0.39, 0.29) is 0 Å². The maximum Gasteiger partial charge on any atom is 0.188 e. The molecular weight excluding hydrogens is 154 g/mol. The summed E-state index contributed by atoms with van der Waals surface area (Å²) in [6.45, 7) is 7.06. The van der Waals surface area contributed by atoms with Gasteiger partial charge in [0.2, 0.25) is 0 Å². The van der Waals surface area contributed by atoms with E-state index in [4.69, 9.17) is 10.5 Å². The Balaban J connectivity index is 3.21. The largest absolute Gasteiger partial charge is 0.382 e. The van der Waals surface area contributed by atoms with Crippen molar-refractivity contribution < 1.29 is 4.74 Å². The summed E-state index contributed by atoms with van der Waals surface area (Å²) >= 11 is 0. The molecular formula is C8H19N3O. The standard InChI is InChI=1S/C8H19N3O/c1-3-10-8(9)11-6-5-7-12-4-2/h3-7H2,1-2H3,(H3,9,10,11). The molecule has 0 saturated carbocycles. The first-order valence-corrected chi connectivity index (χ1v) is 4.42. The molecule has 0 saturated heterocycles. The Morgan fingerprint density at radius 2 is 2.25 bits per heavy atom. The lowest BCUT2D eigenvalue weighted by atomic mass is 10.4. The Morgan fingerprint density at radius 3 is 2.83 bits per heavy atom. The number of aliphatic imine (C=N–C) groups is 1. The average molecular weight is 173 g/mol. The summed E-state index contributed by atoms with van der Waals surface area (Å²) in [5, 5.41) is 2.92. The van der Waals surface area contributed by atoms with Crippen LogP contribution in [0.2, 0.25) is 0 Å². The van der Waals surface area contributed by atoms with E-state index in [9.17, 15) is 0 Å². The molecule has 0 aliphatic carbocycles. The van der Waals surface area contributed by atoms with Crippen molar-refractivity contribution in [3.63, 3.8) is 0 Å². The van der Waals surface area contributed by atoms with Gasteiger partial charge in [0, 0.05) is 26.3 Å². The molecule has 0 spiro atoms. The summed E-state index contributed by atoms with van der Waals surface area (Å²) < 4.78 is 5.14. The molecule has 4 nitrogen and oxygen atoms in total. The third kappa shape index (κ3) is 7.34. The van der Waals surface area contributed by atoms with E-state index in [2.05, 4.69) is 10.3 Å². The predicted molar refractivity (Wildman–Crippen MR) is 51.3 cm³/mol. The molecule has 0 aromatic heterocycles. The van der Waals surface area contributed by atoms with Gasteiger partial charge in [0.15, 0.2) is 5.96 Å². The number of nitrogens with one attached hydrogen (secondary N) is 1. The van der Waals surface area contributed by atoms with Gasteiger partial charge >= 0.3 is 0 Å². The van der Waals surface area contributed by atoms with E-state index in [1.54, 1.807) is 0 Å². The highest BCUT2D eigenvalue weighted by Gasteiger charge is 1.87. The van der Waals surface area contributed by atoms with E-state index in [0.717, 1.165) is 32.7 Å². The molecule has 0 radical (unpaired) electrons. The molecule has 0 amide bonds. The highest BCUT2D eigenvalue weighted by Crippen LogP contribution is 1.83. The quantitative estimate of drug-likeness (QED) is 0.346. The van der Waals surface area contributed by atoms with Gasteiger partial charge in [0.1, 0.15) is 0 Å². The minimum absolute atomic E-state index is 0.522. The molecule has 0 aliphatic heterocycles. The van der Waals surface area contributed by atoms with Crippen LogP contribution < -0.4 is 11.1 Å². The highest BCUT2D eigenvalue weighted by molar-refractivity contribution is 5.77. The average Bonchev–Trinajstić information content (AvgIpc) is 2.05. The van der Waals surface area contributed by atoms with Crippen molar-refractivity contribution in [1.82, 2.24) is 5.32 Å². The van der Waals surface area contributed by atoms with Gasteiger partial charge in [0.05, 0.1) is 0 Å². The van der Waals surface area contributed by atoms with Crippen LogP contribution in [0.4, 0.5) is 0 Å². The van der Waals surface area contributed by atoms with Crippen LogP contribution in [-0.4, -0.2) is 32.3 Å². The Morgan fingerprint density at radius 1 is 1.50 bits per heavy atom. The van der Waals surface area contributed by atoms with Crippen LogP contribution >= 0.6 is 0 Å². The first kappa shape index (κ1) is 11.2. The number of nitrogens with two attached hydrogens (primary N) is 1. The zero-order valence-corrected chi connectivity index (χ0v) is 7.97. The van der Waals surface area contributed by atoms with Gasteiger partial charge in [-0.05, 0) is 20.3 Å². The van der Waals surface area contributed by atoms with Crippen LogP contribution in [0.5, 0.6) is 0 Å². The molecule has 3 N–H and O–H groups in total. The first-order valence-electron chi connectivity index (χ1n) is 4.42. The SMILES string of the molecule is CCNC(N)=NCCCOCC. The Bertz CT molecular complexity index is 125. The van der Waals surface area contributed by atoms with Crippen LogP contribution in [0.25, 0.3) is 0 Å². The molecule has 72 valence electrons. The normalized spacial score (nSPS) is 11.7. The second-order valence-electron chi connectivity index (χ2n) is 2.35. The number of hydrogen-bond acceptors (Lipinski definition) is 2. The molecule has 0 heterocycles. The molecule has 0 aromatic carbocycles. The molecule has 0 unspecified atom stereocenters. The highest BCUT2D eigenvalue weighted by atomic mass is 16.5. The summed E-state index contributed by atoms with van der Waals surface area (Å²) in [6, 6.07) is 0. The lowest BCUT2D eigenvalue weighted by Crippen LogP contribution is -2.31. The van der Waals surface area contributed by atoms with E-state index < -0.39 is 0 Å². The number of guanidine groups is 1. The van der Waals surface area contributed by atoms with Crippen molar-refractivity contribution in [2.75, 3.05) is 26.3 Å². The van der Waals surface area contributed by atoms with Gasteiger partial charge < -0.3 is 15.8 Å². The van der Waals surface area contributed by atoms with Crippen LogP contribution in [0.3, 0.4) is 0 Å². The maximum atomic E-state index is 5.50. The van der Waals surface area contributed by atoms with Crippen molar-refractivity contribution in [1.29, 1.82) is 0 Å². The Labute approximate surface area is 74.2 Å². The second-order valence-corrected chi connectivity index (χ2v) is 2.35. The van der Waals surface area contributed by atoms with E-state index in [1.807, 2.05) is 13.8 Å². The summed E-state index contributed by atoms with van der Waals surface area (Å²) in [4.78, 5) is 4.09. The molecule has 0 aromatic rings. The minimum Gasteiger partial charge on any atom is -0.382 e. The van der Waals surface area contributed by atoms with Gasteiger partial charge in [-0.25, -0.2) is 0 Å². The fourth-order valence-corrected chi connectivity index (χ4v) is 0.747. The number of nitrogens with zero attached hydrogens (tertiary/aromatic N) is 1. The lowest BCUT2D eigenvalue weighted by molar-refractivity contribution is 0.146. The Hall–Kier alpha value is -0.770. The summed E-state index contributed by atoms with van der Waals surface area (Å²) in [5.74, 6) is 0.522. The molecule has 12 heavy (non-hydrogen) atoms. The van der Waals surface area contributed by atoms with E-state index >= 15 is 0 Å². The van der Waals surface area contributed by atoms with Gasteiger partial charge in [0.25, 0.3) is 0 Å². The lowest BCUT2D eigenvalue weighted by Gasteiger charge is -2.01. The molecule has 0 atom stereocenters. The molecule has 0 fully saturated rings. The number of rotatable bonds is 6. The molecule has 4 heteroatoms. The zero-order valence-electron chi connectivity index (χ0n) is 7.97. The molecule has 0 bridgehead atoms. The minimum atomic E-state index is 0.522. The van der Waals surface area contributed by atoms with Crippen molar-refractivity contribution in [2.24, 2.45) is 10.7 Å². The summed E-state index contributed by atoms with van der Waals surface area (Å²) in [5.41, 5.74) is 5.50. The van der Waals surface area contributed by atoms with Crippen molar-refractivity contribution in [2.45, 2.75) is 20.3 Å². The topological polar surface area (TPSA) is 59.6 Å². The van der Waals surface area contributed by atoms with Crippen LogP contribution in [-0.2, 0) is 4.74 Å². The van der Waals surface area contributed by atoms with E-state index in [0.29, 0.717) is 5.96 Å². The monoisotopic (exact) mass is 173 g/mol. The second kappa shape index (κ2) is 8.33. The first-order chi connectivity index (χ1) is 5.81. The van der Waals surface area contributed by atoms with Gasteiger partial charge in [-0.3, -0.25) is 4.99 Å². The number of ether oxygens (including phenoxy) is 1. The summed E-state index contributed by atoms with van der Waals surface area (Å²) in [7, 11) is 0. The van der Waals surface area contributed by atoms with Gasteiger partial charge in [-0.2, -0.15) is 0 Å². The Kier molecular flexibility index (Phi) is 7.79. The molecule has 0 aliphatic rings. The maximum absolute atomic E-state index is 5.50. The van der Waals surface area contributed by atoms with Gasteiger partial charge in [-0.1, -0.05) is 0 Å². The zero-order chi connectivity index (χ0) is 9.23. The van der Waals surface area contributed by atoms with Crippen molar-refractivity contribution in [3.8, 4) is 0 Å². The summed E-state index contributed by atoms with van der Waals surface area (Å²) in [6.07, 6.45) is 0.930. The van der Waals surface area contributed by atoms with Crippen molar-refractivity contribution in [3.05, 3.63) is 0 Å². The third-order valence-electron chi connectivity index (χ3n) is 1.29. The number of hydrogen-bond donors (Lipinski definition) is 2. The van der Waals surface area contributed by atoms with Crippen LogP contribution in [0.15, 0.2) is 4.99 Å². The van der Waals surface area contributed by atoms with Crippen LogP contribution in [0, 0.1) is 0 Å². The molecule has 0 rings (SSSR count). The van der Waals surface area contributed by atoms with Crippen LogP contribution in [0.1, 0.15) is 20.3 Å².